The SMILES string of the molecule is CC(c1ccccc1)n1c(N)nc2ccc(-c3cnc(N)c(S(=O)(=O)Nc4ccccc4)c3)cc21. The molecular formula is C26H24N6O2S. The molecule has 9 heteroatoms. The van der Waals surface area contributed by atoms with E-state index < -0.39 is 10.0 Å². The van der Waals surface area contributed by atoms with Gasteiger partial charge in [-0.25, -0.2) is 18.4 Å². The summed E-state index contributed by atoms with van der Waals surface area (Å²) in [6.07, 6.45) is 1.56. The summed E-state index contributed by atoms with van der Waals surface area (Å²) in [6.45, 7) is 2.06. The smallest absolute Gasteiger partial charge is 0.265 e. The van der Waals surface area contributed by atoms with Crippen molar-refractivity contribution in [3.8, 4) is 11.1 Å². The lowest BCUT2D eigenvalue weighted by molar-refractivity contribution is 0.601. The van der Waals surface area contributed by atoms with Crippen LogP contribution in [0.2, 0.25) is 0 Å². The van der Waals surface area contributed by atoms with Crippen molar-refractivity contribution < 1.29 is 8.42 Å². The Morgan fingerprint density at radius 3 is 2.29 bits per heavy atom. The number of pyridine rings is 1. The number of anilines is 3. The lowest BCUT2D eigenvalue weighted by Crippen LogP contribution is -2.15. The summed E-state index contributed by atoms with van der Waals surface area (Å²) < 4.78 is 30.6. The number of benzene rings is 3. The van der Waals surface area contributed by atoms with E-state index in [0.29, 0.717) is 17.2 Å². The van der Waals surface area contributed by atoms with Gasteiger partial charge in [-0.05, 0) is 48.4 Å². The standard InChI is InChI=1S/C26H24N6O2S/c1-17(18-8-4-2-5-9-18)32-23-14-19(12-13-22(23)30-26(32)28)20-15-24(25(27)29-16-20)35(33,34)31-21-10-6-3-7-11-21/h2-17,31H,1H3,(H2,27,29)(H2,28,30). The van der Waals surface area contributed by atoms with Gasteiger partial charge < -0.3 is 16.0 Å². The molecule has 5 N–H and O–H groups in total. The first-order valence-corrected chi connectivity index (χ1v) is 12.5. The van der Waals surface area contributed by atoms with Crippen LogP contribution >= 0.6 is 0 Å². The highest BCUT2D eigenvalue weighted by atomic mass is 32.2. The maximum atomic E-state index is 13.1. The minimum Gasteiger partial charge on any atom is -0.383 e. The van der Waals surface area contributed by atoms with Crippen molar-refractivity contribution in [2.75, 3.05) is 16.2 Å². The van der Waals surface area contributed by atoms with Crippen LogP contribution in [-0.4, -0.2) is 23.0 Å². The van der Waals surface area contributed by atoms with Gasteiger partial charge in [0.05, 0.1) is 17.1 Å². The van der Waals surface area contributed by atoms with Crippen LogP contribution in [0.5, 0.6) is 0 Å². The normalized spacial score (nSPS) is 12.5. The van der Waals surface area contributed by atoms with E-state index in [1.54, 1.807) is 36.5 Å². The Morgan fingerprint density at radius 1 is 0.886 bits per heavy atom. The van der Waals surface area contributed by atoms with Gasteiger partial charge in [0.25, 0.3) is 10.0 Å². The van der Waals surface area contributed by atoms with Crippen LogP contribution in [0.15, 0.2) is 96.0 Å². The fourth-order valence-electron chi connectivity index (χ4n) is 4.12. The zero-order chi connectivity index (χ0) is 24.6. The fraction of sp³-hybridized carbons (Fsp3) is 0.0769. The predicted molar refractivity (Wildman–Crippen MR) is 139 cm³/mol. The number of sulfonamides is 1. The van der Waals surface area contributed by atoms with Crippen LogP contribution < -0.4 is 16.2 Å². The van der Waals surface area contributed by atoms with Gasteiger partial charge in [0, 0.05) is 17.4 Å². The molecule has 0 saturated heterocycles. The van der Waals surface area contributed by atoms with Crippen molar-refractivity contribution in [2.24, 2.45) is 0 Å². The number of aromatic nitrogens is 3. The quantitative estimate of drug-likeness (QED) is 0.321. The van der Waals surface area contributed by atoms with Gasteiger partial charge in [0.2, 0.25) is 5.95 Å². The molecule has 0 spiro atoms. The monoisotopic (exact) mass is 484 g/mol. The van der Waals surface area contributed by atoms with Crippen molar-refractivity contribution in [1.29, 1.82) is 0 Å². The minimum atomic E-state index is -3.95. The summed E-state index contributed by atoms with van der Waals surface area (Å²) >= 11 is 0. The Bertz CT molecular complexity index is 1620. The molecule has 1 atom stereocenters. The number of nitrogens with one attached hydrogen (secondary N) is 1. The molecule has 5 aromatic rings. The topological polar surface area (TPSA) is 129 Å². The van der Waals surface area contributed by atoms with Crippen molar-refractivity contribution in [3.05, 3.63) is 96.7 Å². The number of imidazole rings is 1. The summed E-state index contributed by atoms with van der Waals surface area (Å²) in [6, 6.07) is 25.8. The van der Waals surface area contributed by atoms with E-state index in [9.17, 15) is 8.42 Å². The molecule has 35 heavy (non-hydrogen) atoms. The third-order valence-electron chi connectivity index (χ3n) is 5.92. The summed E-state index contributed by atoms with van der Waals surface area (Å²) in [5.41, 5.74) is 16.7. The summed E-state index contributed by atoms with van der Waals surface area (Å²) in [5, 5.41) is 0. The largest absolute Gasteiger partial charge is 0.383 e. The van der Waals surface area contributed by atoms with Crippen molar-refractivity contribution in [2.45, 2.75) is 17.9 Å². The van der Waals surface area contributed by atoms with Gasteiger partial charge in [-0.15, -0.1) is 0 Å². The van der Waals surface area contributed by atoms with Gasteiger partial charge in [-0.1, -0.05) is 54.6 Å². The number of fused-ring (bicyclic) bond motifs is 1. The van der Waals surface area contributed by atoms with Crippen LogP contribution in [0.4, 0.5) is 17.5 Å². The molecule has 0 saturated carbocycles. The van der Waals surface area contributed by atoms with E-state index in [0.717, 1.165) is 22.2 Å². The summed E-state index contributed by atoms with van der Waals surface area (Å²) in [7, 11) is -3.95. The van der Waals surface area contributed by atoms with Gasteiger partial charge in [0.15, 0.2) is 0 Å². The number of nitrogen functional groups attached to an aromatic ring is 2. The predicted octanol–water partition coefficient (Wildman–Crippen LogP) is 4.67. The molecule has 1 unspecified atom stereocenters. The Hall–Kier alpha value is -4.37. The third-order valence-corrected chi connectivity index (χ3v) is 7.33. The molecule has 5 rings (SSSR count). The van der Waals surface area contributed by atoms with Gasteiger partial charge >= 0.3 is 0 Å². The van der Waals surface area contributed by atoms with E-state index >= 15 is 0 Å². The number of rotatable bonds is 6. The Balaban J connectivity index is 1.57. The highest BCUT2D eigenvalue weighted by Crippen LogP contribution is 2.32. The Labute approximate surface area is 203 Å². The van der Waals surface area contributed by atoms with E-state index in [1.165, 1.54) is 6.07 Å². The second-order valence-electron chi connectivity index (χ2n) is 8.21. The molecule has 8 nitrogen and oxygen atoms in total. The van der Waals surface area contributed by atoms with Gasteiger partial charge in [-0.2, -0.15) is 0 Å². The number of nitrogens with zero attached hydrogens (tertiary/aromatic N) is 3. The first kappa shape index (κ1) is 22.4. The first-order valence-electron chi connectivity index (χ1n) is 11.0. The Kier molecular flexibility index (Phi) is 5.62. The minimum absolute atomic E-state index is 0.0491. The zero-order valence-electron chi connectivity index (χ0n) is 19.0. The molecule has 0 aliphatic carbocycles. The molecule has 0 radical (unpaired) electrons. The van der Waals surface area contributed by atoms with Crippen molar-refractivity contribution >= 4 is 38.5 Å². The van der Waals surface area contributed by atoms with Crippen molar-refractivity contribution in [1.82, 2.24) is 14.5 Å². The molecule has 3 aromatic carbocycles. The van der Waals surface area contributed by atoms with Crippen molar-refractivity contribution in [3.63, 3.8) is 0 Å². The molecule has 176 valence electrons. The lowest BCUT2D eigenvalue weighted by atomic mass is 10.1. The summed E-state index contributed by atoms with van der Waals surface area (Å²) in [5.74, 6) is 0.324. The molecular weight excluding hydrogens is 460 g/mol. The summed E-state index contributed by atoms with van der Waals surface area (Å²) in [4.78, 5) is 8.58. The number of hydrogen-bond acceptors (Lipinski definition) is 6. The number of hydrogen-bond donors (Lipinski definition) is 3. The van der Waals surface area contributed by atoms with Gasteiger partial charge in [0.1, 0.15) is 10.7 Å². The molecule has 2 aromatic heterocycles. The van der Waals surface area contributed by atoms with Crippen LogP contribution in [-0.2, 0) is 10.0 Å². The van der Waals surface area contributed by atoms with E-state index in [1.807, 2.05) is 53.1 Å². The molecule has 0 aliphatic heterocycles. The third kappa shape index (κ3) is 4.29. The van der Waals surface area contributed by atoms with E-state index in [2.05, 4.69) is 21.6 Å². The maximum absolute atomic E-state index is 13.1. The second kappa shape index (κ2) is 8.77. The van der Waals surface area contributed by atoms with Crippen LogP contribution in [0.1, 0.15) is 18.5 Å². The van der Waals surface area contributed by atoms with E-state index in [4.69, 9.17) is 11.5 Å². The van der Waals surface area contributed by atoms with E-state index in [-0.39, 0.29) is 16.8 Å². The fourth-order valence-corrected chi connectivity index (χ4v) is 5.29. The Morgan fingerprint density at radius 2 is 1.57 bits per heavy atom. The molecule has 0 aliphatic rings. The molecule has 0 fully saturated rings. The van der Waals surface area contributed by atoms with Crippen LogP contribution in [0.25, 0.3) is 22.2 Å². The zero-order valence-corrected chi connectivity index (χ0v) is 19.8. The molecule has 2 heterocycles. The average Bonchev–Trinajstić information content (AvgIpc) is 3.19. The maximum Gasteiger partial charge on any atom is 0.265 e. The molecule has 0 amide bonds. The lowest BCUT2D eigenvalue weighted by Gasteiger charge is -2.17. The number of nitrogens with two attached hydrogens (primary N) is 2. The highest BCUT2D eigenvalue weighted by Gasteiger charge is 2.21. The van der Waals surface area contributed by atoms with Crippen LogP contribution in [0, 0.1) is 0 Å². The highest BCUT2D eigenvalue weighted by molar-refractivity contribution is 7.92. The first-order chi connectivity index (χ1) is 16.8. The molecule has 0 bridgehead atoms. The van der Waals surface area contributed by atoms with Gasteiger partial charge in [-0.3, -0.25) is 4.72 Å². The average molecular weight is 485 g/mol. The van der Waals surface area contributed by atoms with Crippen LogP contribution in [0.3, 0.4) is 0 Å². The number of para-hydroxylation sites is 1. The second-order valence-corrected chi connectivity index (χ2v) is 9.86.